The van der Waals surface area contributed by atoms with Crippen LogP contribution in [0.3, 0.4) is 0 Å². The first-order valence-corrected chi connectivity index (χ1v) is 10.6. The lowest BCUT2D eigenvalue weighted by atomic mass is 10.2. The minimum Gasteiger partial charge on any atom is -0.338 e. The van der Waals surface area contributed by atoms with Crippen LogP contribution in [0.2, 0.25) is 0 Å². The minimum atomic E-state index is -0.450. The van der Waals surface area contributed by atoms with Crippen molar-refractivity contribution in [3.05, 3.63) is 38.8 Å². The first-order valence-electron chi connectivity index (χ1n) is 9.59. The molecule has 0 bridgehead atoms. The van der Waals surface area contributed by atoms with Crippen molar-refractivity contribution in [2.24, 2.45) is 13.0 Å². The SMILES string of the molecule is C=C(C)CN(CC)C(=O)CSc1nc(C)nc2c1c(=O)n(C)c(=O)n2CC(C)C. The molecule has 158 valence electrons. The zero-order chi connectivity index (χ0) is 21.9. The lowest BCUT2D eigenvalue weighted by molar-refractivity contribution is -0.127. The Morgan fingerprint density at radius 1 is 1.28 bits per heavy atom. The molecule has 0 saturated heterocycles. The van der Waals surface area contributed by atoms with Crippen LogP contribution < -0.4 is 11.2 Å². The summed E-state index contributed by atoms with van der Waals surface area (Å²) in [5, 5.41) is 0.699. The topological polar surface area (TPSA) is 90.1 Å². The number of rotatable bonds is 8. The highest BCUT2D eigenvalue weighted by molar-refractivity contribution is 8.00. The van der Waals surface area contributed by atoms with Crippen molar-refractivity contribution in [3.8, 4) is 0 Å². The Morgan fingerprint density at radius 3 is 2.48 bits per heavy atom. The van der Waals surface area contributed by atoms with E-state index in [9.17, 15) is 14.4 Å². The molecule has 0 fully saturated rings. The molecular formula is C20H29N5O3S. The van der Waals surface area contributed by atoms with Crippen molar-refractivity contribution in [3.63, 3.8) is 0 Å². The number of hydrogen-bond donors (Lipinski definition) is 0. The molecule has 2 rings (SSSR count). The van der Waals surface area contributed by atoms with Crippen molar-refractivity contribution in [2.45, 2.75) is 46.2 Å². The van der Waals surface area contributed by atoms with Crippen LogP contribution in [0.5, 0.6) is 0 Å². The van der Waals surface area contributed by atoms with E-state index in [2.05, 4.69) is 16.5 Å². The predicted molar refractivity (Wildman–Crippen MR) is 116 cm³/mol. The van der Waals surface area contributed by atoms with E-state index in [-0.39, 0.29) is 23.0 Å². The van der Waals surface area contributed by atoms with Crippen LogP contribution in [0.15, 0.2) is 26.8 Å². The number of hydrogen-bond acceptors (Lipinski definition) is 6. The third kappa shape index (κ3) is 5.14. The molecule has 9 heteroatoms. The average Bonchev–Trinajstić information content (AvgIpc) is 2.64. The van der Waals surface area contributed by atoms with Gasteiger partial charge in [-0.1, -0.05) is 37.8 Å². The van der Waals surface area contributed by atoms with E-state index >= 15 is 0 Å². The van der Waals surface area contributed by atoms with Crippen LogP contribution >= 0.6 is 11.8 Å². The highest BCUT2D eigenvalue weighted by atomic mass is 32.2. The fourth-order valence-electron chi connectivity index (χ4n) is 3.00. The molecule has 0 aromatic carbocycles. The number of carbonyl (C=O) groups is 1. The molecule has 8 nitrogen and oxygen atoms in total. The fourth-order valence-corrected chi connectivity index (χ4v) is 3.96. The van der Waals surface area contributed by atoms with Gasteiger partial charge in [-0.05, 0) is 26.7 Å². The summed E-state index contributed by atoms with van der Waals surface area (Å²) in [6.07, 6.45) is 0. The summed E-state index contributed by atoms with van der Waals surface area (Å²) in [5.41, 5.74) is 0.373. The highest BCUT2D eigenvalue weighted by Crippen LogP contribution is 2.23. The van der Waals surface area contributed by atoms with Crippen molar-refractivity contribution < 1.29 is 4.79 Å². The standard InChI is InChI=1S/C20H29N5O3S/c1-8-24(9-12(2)3)15(26)11-29-18-16-17(21-14(6)22-18)25(10-13(4)5)20(28)23(7)19(16)27/h13H,2,8-11H2,1,3-7H3. The molecule has 0 N–H and O–H groups in total. The average molecular weight is 420 g/mol. The van der Waals surface area contributed by atoms with Gasteiger partial charge in [0.05, 0.1) is 5.75 Å². The number of likely N-dealkylation sites (N-methyl/N-ethyl adjacent to an activating group) is 1. The normalized spacial score (nSPS) is 11.3. The number of carbonyl (C=O) groups excluding carboxylic acids is 1. The Hall–Kier alpha value is -2.42. The largest absolute Gasteiger partial charge is 0.338 e. The molecule has 2 aromatic heterocycles. The van der Waals surface area contributed by atoms with Crippen LogP contribution in [-0.2, 0) is 18.4 Å². The first-order chi connectivity index (χ1) is 13.6. The summed E-state index contributed by atoms with van der Waals surface area (Å²) in [6, 6.07) is 0. The summed E-state index contributed by atoms with van der Waals surface area (Å²) in [6.45, 7) is 14.9. The van der Waals surface area contributed by atoms with Gasteiger partial charge in [-0.3, -0.25) is 18.7 Å². The van der Waals surface area contributed by atoms with Crippen molar-refractivity contribution >= 4 is 28.7 Å². The van der Waals surface area contributed by atoms with Gasteiger partial charge in [0, 0.05) is 26.7 Å². The van der Waals surface area contributed by atoms with Gasteiger partial charge in [0.1, 0.15) is 16.2 Å². The second-order valence-corrected chi connectivity index (χ2v) is 8.54. The van der Waals surface area contributed by atoms with Crippen LogP contribution in [0.1, 0.15) is 33.5 Å². The zero-order valence-electron chi connectivity index (χ0n) is 18.0. The molecule has 1 amide bonds. The van der Waals surface area contributed by atoms with Crippen molar-refractivity contribution in [2.75, 3.05) is 18.8 Å². The van der Waals surface area contributed by atoms with E-state index in [1.165, 1.54) is 23.4 Å². The van der Waals surface area contributed by atoms with Crippen LogP contribution in [0, 0.1) is 12.8 Å². The predicted octanol–water partition coefficient (Wildman–Crippen LogP) is 1.97. The number of aryl methyl sites for hydroxylation is 1. The molecule has 0 aliphatic rings. The molecule has 0 radical (unpaired) electrons. The first kappa shape index (κ1) is 22.9. The third-order valence-corrected chi connectivity index (χ3v) is 5.30. The number of thioether (sulfide) groups is 1. The van der Waals surface area contributed by atoms with Gasteiger partial charge in [-0.25, -0.2) is 14.8 Å². The Labute approximate surface area is 174 Å². The molecule has 29 heavy (non-hydrogen) atoms. The van der Waals surface area contributed by atoms with Gasteiger partial charge >= 0.3 is 5.69 Å². The summed E-state index contributed by atoms with van der Waals surface area (Å²) in [4.78, 5) is 48.6. The van der Waals surface area contributed by atoms with E-state index in [1.54, 1.807) is 11.8 Å². The summed E-state index contributed by atoms with van der Waals surface area (Å²) in [7, 11) is 1.45. The molecule has 0 saturated carbocycles. The summed E-state index contributed by atoms with van der Waals surface area (Å²) in [5.74, 6) is 0.727. The maximum absolute atomic E-state index is 12.8. The van der Waals surface area contributed by atoms with Crippen molar-refractivity contribution in [1.29, 1.82) is 0 Å². The number of amides is 1. The molecule has 0 aliphatic heterocycles. The van der Waals surface area contributed by atoms with E-state index in [0.717, 1.165) is 10.1 Å². The van der Waals surface area contributed by atoms with Gasteiger partial charge in [-0.15, -0.1) is 0 Å². The zero-order valence-corrected chi connectivity index (χ0v) is 18.8. The van der Waals surface area contributed by atoms with E-state index in [0.29, 0.717) is 36.1 Å². The third-order valence-electron chi connectivity index (χ3n) is 4.34. The van der Waals surface area contributed by atoms with Gasteiger partial charge in [0.25, 0.3) is 5.56 Å². The molecule has 0 atom stereocenters. The Bertz CT molecular complexity index is 1050. The Balaban J connectivity index is 2.53. The quantitative estimate of drug-likeness (QED) is 0.369. The van der Waals surface area contributed by atoms with Gasteiger partial charge < -0.3 is 4.90 Å². The van der Waals surface area contributed by atoms with E-state index in [4.69, 9.17) is 0 Å². The minimum absolute atomic E-state index is 0.0581. The monoisotopic (exact) mass is 419 g/mol. The van der Waals surface area contributed by atoms with E-state index in [1.807, 2.05) is 27.7 Å². The second kappa shape index (κ2) is 9.39. The number of fused-ring (bicyclic) bond motifs is 1. The molecule has 2 aromatic rings. The molecule has 2 heterocycles. The van der Waals surface area contributed by atoms with Gasteiger partial charge in [0.15, 0.2) is 5.65 Å². The Kier molecular flexibility index (Phi) is 7.40. The Morgan fingerprint density at radius 2 is 1.93 bits per heavy atom. The maximum Gasteiger partial charge on any atom is 0.332 e. The lowest BCUT2D eigenvalue weighted by Gasteiger charge is -2.21. The molecular weight excluding hydrogens is 390 g/mol. The van der Waals surface area contributed by atoms with Crippen LogP contribution in [-0.4, -0.2) is 48.8 Å². The molecule has 0 spiro atoms. The second-order valence-electron chi connectivity index (χ2n) is 7.58. The molecule has 0 unspecified atom stereocenters. The summed E-state index contributed by atoms with van der Waals surface area (Å²) < 4.78 is 2.59. The van der Waals surface area contributed by atoms with E-state index < -0.39 is 11.2 Å². The smallest absolute Gasteiger partial charge is 0.332 e. The fraction of sp³-hybridized carbons (Fsp3) is 0.550. The molecule has 0 aliphatic carbocycles. The van der Waals surface area contributed by atoms with Gasteiger partial charge in [-0.2, -0.15) is 0 Å². The maximum atomic E-state index is 12.8. The number of nitrogens with zero attached hydrogens (tertiary/aromatic N) is 5. The van der Waals surface area contributed by atoms with Crippen LogP contribution in [0.25, 0.3) is 11.0 Å². The van der Waals surface area contributed by atoms with Gasteiger partial charge in [0.2, 0.25) is 5.91 Å². The van der Waals surface area contributed by atoms with Crippen molar-refractivity contribution in [1.82, 2.24) is 24.0 Å². The lowest BCUT2D eigenvalue weighted by Crippen LogP contribution is -2.39. The summed E-state index contributed by atoms with van der Waals surface area (Å²) >= 11 is 1.20. The van der Waals surface area contributed by atoms with Crippen LogP contribution in [0.4, 0.5) is 0 Å². The number of aromatic nitrogens is 4. The highest BCUT2D eigenvalue weighted by Gasteiger charge is 2.20.